The van der Waals surface area contributed by atoms with Gasteiger partial charge in [0.15, 0.2) is 5.75 Å². The average molecular weight is 422 g/mol. The maximum Gasteiger partial charge on any atom is 0.312 e. The van der Waals surface area contributed by atoms with Gasteiger partial charge in [-0.3, -0.25) is 35.3 Å². The number of hydrogen-bond acceptors (Lipinski definition) is 7. The van der Waals surface area contributed by atoms with E-state index in [1.54, 1.807) is 13.8 Å². The molecule has 0 atom stereocenters. The van der Waals surface area contributed by atoms with Crippen molar-refractivity contribution in [1.29, 1.82) is 0 Å². The molecule has 0 spiro atoms. The van der Waals surface area contributed by atoms with Crippen LogP contribution < -0.4 is 15.6 Å². The zero-order valence-corrected chi connectivity index (χ0v) is 16.2. The molecule has 2 rings (SSSR count). The smallest absolute Gasteiger partial charge is 0.312 e. The third kappa shape index (κ3) is 5.42. The van der Waals surface area contributed by atoms with Gasteiger partial charge in [-0.05, 0) is 36.4 Å². The molecule has 11 nitrogen and oxygen atoms in total. The van der Waals surface area contributed by atoms with Crippen molar-refractivity contribution in [2.75, 3.05) is 4.72 Å². The molecule has 29 heavy (non-hydrogen) atoms. The van der Waals surface area contributed by atoms with E-state index in [0.717, 1.165) is 18.2 Å². The number of hydrogen-bond donors (Lipinski definition) is 4. The van der Waals surface area contributed by atoms with Crippen molar-refractivity contribution in [2.45, 2.75) is 18.7 Å². The number of benzene rings is 2. The summed E-state index contributed by atoms with van der Waals surface area (Å²) in [5, 5.41) is 20.3. The molecule has 12 heteroatoms. The number of rotatable bonds is 6. The van der Waals surface area contributed by atoms with Gasteiger partial charge < -0.3 is 5.11 Å². The molecule has 0 bridgehead atoms. The van der Waals surface area contributed by atoms with Crippen LogP contribution in [0.4, 0.5) is 11.4 Å². The van der Waals surface area contributed by atoms with Gasteiger partial charge in [0.05, 0.1) is 9.82 Å². The van der Waals surface area contributed by atoms with E-state index in [4.69, 9.17) is 0 Å². The monoisotopic (exact) mass is 422 g/mol. The van der Waals surface area contributed by atoms with Crippen molar-refractivity contribution in [3.8, 4) is 5.75 Å². The summed E-state index contributed by atoms with van der Waals surface area (Å²) in [6.45, 7) is 3.32. The van der Waals surface area contributed by atoms with Gasteiger partial charge in [-0.25, -0.2) is 8.42 Å². The molecule has 0 saturated carbocycles. The Morgan fingerprint density at radius 2 is 1.69 bits per heavy atom. The summed E-state index contributed by atoms with van der Waals surface area (Å²) in [5.74, 6) is -1.94. The zero-order chi connectivity index (χ0) is 21.8. The standard InChI is InChI=1S/C17H18N4O7S/c1-10(2)16(23)18-19-17(24)11-3-5-12(6-4-11)20-29(27,28)13-7-8-15(22)14(9-13)21(25)26/h3-10,20,22H,1-2H3,(H,18,23)(H,19,24). The summed E-state index contributed by atoms with van der Waals surface area (Å²) in [6, 6.07) is 7.94. The summed E-state index contributed by atoms with van der Waals surface area (Å²) in [5.41, 5.74) is 4.00. The molecule has 4 N–H and O–H groups in total. The number of phenolic OH excluding ortho intramolecular Hbond substituents is 1. The van der Waals surface area contributed by atoms with E-state index < -0.39 is 37.2 Å². The maximum atomic E-state index is 12.4. The number of hydrazine groups is 1. The fourth-order valence-electron chi connectivity index (χ4n) is 2.06. The van der Waals surface area contributed by atoms with E-state index in [9.17, 15) is 33.2 Å². The second kappa shape index (κ2) is 8.56. The van der Waals surface area contributed by atoms with Crippen LogP contribution in [-0.4, -0.2) is 30.3 Å². The highest BCUT2D eigenvalue weighted by molar-refractivity contribution is 7.92. The SMILES string of the molecule is CC(C)C(=O)NNC(=O)c1ccc(NS(=O)(=O)c2ccc(O)c([N+](=O)[O-])c2)cc1. The van der Waals surface area contributed by atoms with E-state index in [0.29, 0.717) is 0 Å². The average Bonchev–Trinajstić information content (AvgIpc) is 2.65. The third-order valence-corrected chi connectivity index (χ3v) is 5.06. The topological polar surface area (TPSA) is 168 Å². The second-order valence-corrected chi connectivity index (χ2v) is 7.87. The highest BCUT2D eigenvalue weighted by atomic mass is 32.2. The van der Waals surface area contributed by atoms with Gasteiger partial charge in [0.2, 0.25) is 5.91 Å². The van der Waals surface area contributed by atoms with Crippen LogP contribution in [0.5, 0.6) is 5.75 Å². The van der Waals surface area contributed by atoms with Crippen LogP contribution in [0.25, 0.3) is 0 Å². The number of nitrogens with zero attached hydrogens (tertiary/aromatic N) is 1. The van der Waals surface area contributed by atoms with Crippen LogP contribution in [0.15, 0.2) is 47.4 Å². The van der Waals surface area contributed by atoms with Crippen LogP contribution >= 0.6 is 0 Å². The van der Waals surface area contributed by atoms with Crippen molar-refractivity contribution in [3.05, 3.63) is 58.1 Å². The lowest BCUT2D eigenvalue weighted by Gasteiger charge is -2.11. The van der Waals surface area contributed by atoms with Crippen molar-refractivity contribution < 1.29 is 28.0 Å². The van der Waals surface area contributed by atoms with E-state index in [1.165, 1.54) is 24.3 Å². The molecule has 2 amide bonds. The number of nitro groups is 1. The molecule has 0 aromatic heterocycles. The Bertz CT molecular complexity index is 1050. The predicted octanol–water partition coefficient (Wildman–Crippen LogP) is 1.52. The van der Waals surface area contributed by atoms with E-state index >= 15 is 0 Å². The molecule has 0 radical (unpaired) electrons. The summed E-state index contributed by atoms with van der Waals surface area (Å²) in [4.78, 5) is 33.0. The van der Waals surface area contributed by atoms with Crippen molar-refractivity contribution >= 4 is 33.2 Å². The first-order valence-electron chi connectivity index (χ1n) is 8.21. The van der Waals surface area contributed by atoms with Crippen molar-refractivity contribution in [2.24, 2.45) is 5.92 Å². The normalized spacial score (nSPS) is 11.0. The highest BCUT2D eigenvalue weighted by Gasteiger charge is 2.21. The van der Waals surface area contributed by atoms with Gasteiger partial charge >= 0.3 is 5.69 Å². The minimum Gasteiger partial charge on any atom is -0.502 e. The lowest BCUT2D eigenvalue weighted by molar-refractivity contribution is -0.386. The van der Waals surface area contributed by atoms with Gasteiger partial charge in [-0.15, -0.1) is 0 Å². The fraction of sp³-hybridized carbons (Fsp3) is 0.176. The second-order valence-electron chi connectivity index (χ2n) is 6.19. The summed E-state index contributed by atoms with van der Waals surface area (Å²) in [6.07, 6.45) is 0. The third-order valence-electron chi connectivity index (χ3n) is 3.68. The first-order chi connectivity index (χ1) is 13.5. The van der Waals surface area contributed by atoms with Crippen molar-refractivity contribution in [3.63, 3.8) is 0 Å². The Morgan fingerprint density at radius 3 is 2.24 bits per heavy atom. The Hall–Kier alpha value is -3.67. The minimum absolute atomic E-state index is 0.100. The molecule has 0 saturated heterocycles. The fourth-order valence-corrected chi connectivity index (χ4v) is 3.13. The number of amides is 2. The predicted molar refractivity (Wildman–Crippen MR) is 102 cm³/mol. The molecule has 154 valence electrons. The number of nitrogens with one attached hydrogen (secondary N) is 3. The van der Waals surface area contributed by atoms with Crippen molar-refractivity contribution in [1.82, 2.24) is 10.9 Å². The Morgan fingerprint density at radius 1 is 1.07 bits per heavy atom. The van der Waals surface area contributed by atoms with Crippen LogP contribution in [0.1, 0.15) is 24.2 Å². The Kier molecular flexibility index (Phi) is 6.38. The molecule has 0 aliphatic carbocycles. The van der Waals surface area contributed by atoms with E-state index in [1.807, 2.05) is 0 Å². The summed E-state index contributed by atoms with van der Waals surface area (Å²) < 4.78 is 27.0. The van der Waals surface area contributed by atoms with E-state index in [2.05, 4.69) is 15.6 Å². The molecule has 0 aliphatic rings. The first kappa shape index (κ1) is 21.6. The number of sulfonamides is 1. The number of nitro benzene ring substituents is 1. The highest BCUT2D eigenvalue weighted by Crippen LogP contribution is 2.29. The molecular formula is C17H18N4O7S. The minimum atomic E-state index is -4.17. The molecule has 2 aromatic carbocycles. The van der Waals surface area contributed by atoms with Crippen LogP contribution in [0.3, 0.4) is 0 Å². The number of phenols is 1. The van der Waals surface area contributed by atoms with Gasteiger partial charge in [0, 0.05) is 23.2 Å². The number of carbonyl (C=O) groups excluding carboxylic acids is 2. The molecule has 2 aromatic rings. The lowest BCUT2D eigenvalue weighted by Crippen LogP contribution is -2.43. The van der Waals surface area contributed by atoms with Crippen LogP contribution in [0.2, 0.25) is 0 Å². The Labute approximate surface area is 165 Å². The first-order valence-corrected chi connectivity index (χ1v) is 9.70. The maximum absolute atomic E-state index is 12.4. The van der Waals surface area contributed by atoms with Gasteiger partial charge in [-0.2, -0.15) is 0 Å². The largest absolute Gasteiger partial charge is 0.502 e. The van der Waals surface area contributed by atoms with Gasteiger partial charge in [0.1, 0.15) is 0 Å². The number of carbonyl (C=O) groups is 2. The zero-order valence-electron chi connectivity index (χ0n) is 15.4. The van der Waals surface area contributed by atoms with Crippen LogP contribution in [-0.2, 0) is 14.8 Å². The van der Waals surface area contributed by atoms with E-state index in [-0.39, 0.29) is 23.1 Å². The molecule has 0 heterocycles. The summed E-state index contributed by atoms with van der Waals surface area (Å²) in [7, 11) is -4.17. The number of anilines is 1. The number of aromatic hydroxyl groups is 1. The van der Waals surface area contributed by atoms with Gasteiger partial charge in [0.25, 0.3) is 15.9 Å². The Balaban J connectivity index is 2.12. The molecule has 0 unspecified atom stereocenters. The lowest BCUT2D eigenvalue weighted by atomic mass is 10.2. The summed E-state index contributed by atoms with van der Waals surface area (Å²) >= 11 is 0. The van der Waals surface area contributed by atoms with Crippen LogP contribution in [0, 0.1) is 16.0 Å². The quantitative estimate of drug-likeness (QED) is 0.404. The molecule has 0 aliphatic heterocycles. The molecule has 0 fully saturated rings. The van der Waals surface area contributed by atoms with Gasteiger partial charge in [-0.1, -0.05) is 13.8 Å². The molecular weight excluding hydrogens is 404 g/mol.